The normalized spacial score (nSPS) is 18.1. The number of carbonyl (C=O) groups is 1. The first kappa shape index (κ1) is 13.1. The van der Waals surface area contributed by atoms with Gasteiger partial charge in [-0.25, -0.2) is 0 Å². The van der Waals surface area contributed by atoms with Crippen LogP contribution in [0.15, 0.2) is 42.5 Å². The largest absolute Gasteiger partial charge is 0.481 e. The minimum absolute atomic E-state index is 0.0777. The predicted octanol–water partition coefficient (Wildman–Crippen LogP) is 3.31. The van der Waals surface area contributed by atoms with Crippen LogP contribution in [0.5, 0.6) is 0 Å². The van der Waals surface area contributed by atoms with Crippen LogP contribution in [0.3, 0.4) is 0 Å². The number of hydrogen-bond acceptors (Lipinski definition) is 2. The molecule has 0 aliphatic heterocycles. The van der Waals surface area contributed by atoms with E-state index in [4.69, 9.17) is 0 Å². The summed E-state index contributed by atoms with van der Waals surface area (Å²) < 4.78 is 0. The molecule has 0 radical (unpaired) electrons. The molecule has 104 valence electrons. The van der Waals surface area contributed by atoms with Gasteiger partial charge in [0.25, 0.3) is 0 Å². The van der Waals surface area contributed by atoms with Gasteiger partial charge in [-0.15, -0.1) is 0 Å². The first-order chi connectivity index (χ1) is 9.56. The van der Waals surface area contributed by atoms with Gasteiger partial charge >= 0.3 is 5.97 Å². The molecule has 1 unspecified atom stereocenters. The lowest BCUT2D eigenvalue weighted by Gasteiger charge is -2.31. The maximum Gasteiger partial charge on any atom is 0.311 e. The smallest absolute Gasteiger partial charge is 0.311 e. The second kappa shape index (κ2) is 4.60. The Balaban J connectivity index is 2.19. The van der Waals surface area contributed by atoms with Crippen LogP contribution in [0, 0.1) is 5.41 Å². The monoisotopic (exact) mass is 269 g/mol. The number of aliphatic carboxylic acids is 1. The van der Waals surface area contributed by atoms with Gasteiger partial charge in [-0.05, 0) is 43.3 Å². The van der Waals surface area contributed by atoms with Crippen molar-refractivity contribution in [2.24, 2.45) is 5.41 Å². The summed E-state index contributed by atoms with van der Waals surface area (Å²) in [5.74, 6) is -0.677. The van der Waals surface area contributed by atoms with Crippen molar-refractivity contribution in [2.75, 3.05) is 14.1 Å². The average molecular weight is 269 g/mol. The van der Waals surface area contributed by atoms with Crippen LogP contribution in [-0.2, 0) is 4.79 Å². The molecule has 1 atom stereocenters. The highest BCUT2D eigenvalue weighted by Crippen LogP contribution is 2.57. The highest BCUT2D eigenvalue weighted by Gasteiger charge is 2.57. The molecule has 1 N–H and O–H groups in total. The number of hydrogen-bond donors (Lipinski definition) is 1. The Labute approximate surface area is 118 Å². The first-order valence-electron chi connectivity index (χ1n) is 6.94. The van der Waals surface area contributed by atoms with Crippen molar-refractivity contribution in [2.45, 2.75) is 18.9 Å². The van der Waals surface area contributed by atoms with Gasteiger partial charge in [0.2, 0.25) is 0 Å². The van der Waals surface area contributed by atoms with E-state index in [1.54, 1.807) is 0 Å². The van der Waals surface area contributed by atoms with Crippen molar-refractivity contribution in [3.8, 4) is 0 Å². The molecule has 3 rings (SSSR count). The third-order valence-corrected chi connectivity index (χ3v) is 4.37. The molecular weight excluding hydrogens is 250 g/mol. The summed E-state index contributed by atoms with van der Waals surface area (Å²) in [5.41, 5.74) is 0.501. The fraction of sp³-hybridized carbons (Fsp3) is 0.353. The minimum atomic E-state index is -0.677. The third kappa shape index (κ3) is 1.90. The lowest BCUT2D eigenvalue weighted by molar-refractivity contribution is -0.146. The number of fused-ring (bicyclic) bond motifs is 1. The molecule has 0 saturated heterocycles. The van der Waals surface area contributed by atoms with E-state index in [0.29, 0.717) is 0 Å². The zero-order valence-corrected chi connectivity index (χ0v) is 11.8. The molecule has 0 bridgehead atoms. The Bertz CT molecular complexity index is 654. The van der Waals surface area contributed by atoms with Crippen LogP contribution in [0.1, 0.15) is 24.4 Å². The Hall–Kier alpha value is -1.87. The van der Waals surface area contributed by atoms with Crippen LogP contribution in [0.4, 0.5) is 0 Å². The van der Waals surface area contributed by atoms with E-state index in [1.165, 1.54) is 0 Å². The van der Waals surface area contributed by atoms with Crippen LogP contribution in [0.2, 0.25) is 0 Å². The molecule has 0 amide bonds. The number of carboxylic acids is 1. The van der Waals surface area contributed by atoms with E-state index in [0.717, 1.165) is 29.2 Å². The summed E-state index contributed by atoms with van der Waals surface area (Å²) in [7, 11) is 3.94. The van der Waals surface area contributed by atoms with Crippen LogP contribution in [0.25, 0.3) is 10.8 Å². The van der Waals surface area contributed by atoms with E-state index in [1.807, 2.05) is 37.2 Å². The van der Waals surface area contributed by atoms with Crippen molar-refractivity contribution in [1.29, 1.82) is 0 Å². The summed E-state index contributed by atoms with van der Waals surface area (Å²) in [6.45, 7) is 0. The van der Waals surface area contributed by atoms with E-state index >= 15 is 0 Å². The van der Waals surface area contributed by atoms with Crippen LogP contribution in [-0.4, -0.2) is 30.1 Å². The topological polar surface area (TPSA) is 40.5 Å². The predicted molar refractivity (Wildman–Crippen MR) is 79.7 cm³/mol. The van der Waals surface area contributed by atoms with Crippen LogP contribution >= 0.6 is 0 Å². The fourth-order valence-electron chi connectivity index (χ4n) is 3.30. The number of rotatable bonds is 4. The van der Waals surface area contributed by atoms with Gasteiger partial charge < -0.3 is 10.0 Å². The molecule has 2 aromatic carbocycles. The lowest BCUT2D eigenvalue weighted by atomic mass is 9.86. The fourth-order valence-corrected chi connectivity index (χ4v) is 3.30. The Morgan fingerprint density at radius 1 is 1.15 bits per heavy atom. The zero-order chi connectivity index (χ0) is 14.3. The SMILES string of the molecule is CN(C)C(c1cccc2ccccc12)C1(C(=O)O)CC1. The maximum absolute atomic E-state index is 11.7. The molecule has 1 aliphatic rings. The molecule has 1 saturated carbocycles. The number of nitrogens with zero attached hydrogens (tertiary/aromatic N) is 1. The number of carboxylic acid groups (broad SMARTS) is 1. The van der Waals surface area contributed by atoms with Crippen molar-refractivity contribution in [3.63, 3.8) is 0 Å². The van der Waals surface area contributed by atoms with E-state index in [9.17, 15) is 9.90 Å². The molecule has 2 aromatic rings. The van der Waals surface area contributed by atoms with Gasteiger partial charge in [-0.3, -0.25) is 4.79 Å². The summed E-state index contributed by atoms with van der Waals surface area (Å²) >= 11 is 0. The minimum Gasteiger partial charge on any atom is -0.481 e. The molecule has 1 aliphatic carbocycles. The standard InChI is InChI=1S/C17H19NO2/c1-18(2)15(17(10-11-17)16(19)20)14-9-5-7-12-6-3-4-8-13(12)14/h3-9,15H,10-11H2,1-2H3,(H,19,20). The zero-order valence-electron chi connectivity index (χ0n) is 11.8. The second-order valence-corrected chi connectivity index (χ2v) is 5.90. The van der Waals surface area contributed by atoms with Gasteiger partial charge in [-0.1, -0.05) is 42.5 Å². The molecule has 0 spiro atoms. The van der Waals surface area contributed by atoms with Crippen molar-refractivity contribution < 1.29 is 9.90 Å². The summed E-state index contributed by atoms with van der Waals surface area (Å²) in [4.78, 5) is 13.8. The molecule has 1 fully saturated rings. The molecular formula is C17H19NO2. The van der Waals surface area contributed by atoms with Gasteiger partial charge in [0.05, 0.1) is 11.5 Å². The molecule has 0 aromatic heterocycles. The lowest BCUT2D eigenvalue weighted by Crippen LogP contribution is -2.34. The third-order valence-electron chi connectivity index (χ3n) is 4.37. The van der Waals surface area contributed by atoms with E-state index in [2.05, 4.69) is 24.3 Å². The Morgan fingerprint density at radius 3 is 2.40 bits per heavy atom. The van der Waals surface area contributed by atoms with Crippen molar-refractivity contribution in [1.82, 2.24) is 4.90 Å². The highest BCUT2D eigenvalue weighted by atomic mass is 16.4. The first-order valence-corrected chi connectivity index (χ1v) is 6.94. The molecule has 0 heterocycles. The summed E-state index contributed by atoms with van der Waals surface area (Å²) in [5, 5.41) is 11.9. The number of benzene rings is 2. The van der Waals surface area contributed by atoms with Gasteiger partial charge in [0, 0.05) is 0 Å². The van der Waals surface area contributed by atoms with Gasteiger partial charge in [-0.2, -0.15) is 0 Å². The summed E-state index contributed by atoms with van der Waals surface area (Å²) in [6, 6.07) is 14.3. The highest BCUT2D eigenvalue weighted by molar-refractivity contribution is 5.88. The van der Waals surface area contributed by atoms with Crippen molar-refractivity contribution >= 4 is 16.7 Å². The average Bonchev–Trinajstić information content (AvgIpc) is 3.20. The second-order valence-electron chi connectivity index (χ2n) is 5.90. The Morgan fingerprint density at radius 2 is 1.80 bits per heavy atom. The van der Waals surface area contributed by atoms with Crippen LogP contribution < -0.4 is 0 Å². The molecule has 20 heavy (non-hydrogen) atoms. The quantitative estimate of drug-likeness (QED) is 0.925. The van der Waals surface area contributed by atoms with E-state index < -0.39 is 11.4 Å². The van der Waals surface area contributed by atoms with Gasteiger partial charge in [0.1, 0.15) is 0 Å². The van der Waals surface area contributed by atoms with Gasteiger partial charge in [0.15, 0.2) is 0 Å². The van der Waals surface area contributed by atoms with E-state index in [-0.39, 0.29) is 6.04 Å². The maximum atomic E-state index is 11.7. The molecule has 3 heteroatoms. The summed E-state index contributed by atoms with van der Waals surface area (Å²) in [6.07, 6.45) is 1.52. The van der Waals surface area contributed by atoms with Crippen molar-refractivity contribution in [3.05, 3.63) is 48.0 Å². The molecule has 3 nitrogen and oxygen atoms in total. The Kier molecular flexibility index (Phi) is 3.02.